The third-order valence-corrected chi connectivity index (χ3v) is 5.52. The number of carbonyl (C=O) groups excluding carboxylic acids is 2. The lowest BCUT2D eigenvalue weighted by Crippen LogP contribution is -2.43. The van der Waals surface area contributed by atoms with E-state index in [2.05, 4.69) is 0 Å². The van der Waals surface area contributed by atoms with E-state index in [0.29, 0.717) is 11.1 Å². The fourth-order valence-electron chi connectivity index (χ4n) is 3.77. The second-order valence-electron chi connectivity index (χ2n) is 7.32. The fraction of sp³-hybridized carbons (Fsp3) is 0.391. The van der Waals surface area contributed by atoms with Crippen molar-refractivity contribution in [2.24, 2.45) is 0 Å². The average molecular weight is 381 g/mol. The molecule has 0 spiro atoms. The predicted octanol–water partition coefficient (Wildman–Crippen LogP) is 3.26. The molecule has 5 nitrogen and oxygen atoms in total. The number of rotatable bonds is 6. The zero-order chi connectivity index (χ0) is 20.0. The number of nitrogens with zero attached hydrogens (tertiary/aromatic N) is 1. The fourth-order valence-corrected chi connectivity index (χ4v) is 3.77. The summed E-state index contributed by atoms with van der Waals surface area (Å²) in [6.45, 7) is -0.381. The van der Waals surface area contributed by atoms with Gasteiger partial charge in [0.25, 0.3) is 5.91 Å². The number of esters is 1. The standard InChI is InChI=1S/C23H27NO4/c1-24(20-15-9-4-10-16-20)21(25)17-28-22(26)23(27,18-11-5-2-6-12-18)19-13-7-3-8-14-19/h2-3,5-8,11-14,20,27H,4,9-10,15-17H2,1H3. The summed E-state index contributed by atoms with van der Waals surface area (Å²) in [6, 6.07) is 17.5. The van der Waals surface area contributed by atoms with E-state index in [4.69, 9.17) is 4.74 Å². The Morgan fingerprint density at radius 2 is 1.46 bits per heavy atom. The first kappa shape index (κ1) is 20.1. The van der Waals surface area contributed by atoms with E-state index in [1.807, 2.05) is 12.1 Å². The molecule has 0 heterocycles. The minimum absolute atomic E-state index is 0.196. The smallest absolute Gasteiger partial charge is 0.348 e. The molecule has 148 valence electrons. The molecule has 3 rings (SSSR count). The van der Waals surface area contributed by atoms with Gasteiger partial charge >= 0.3 is 5.97 Å². The van der Waals surface area contributed by atoms with Crippen molar-refractivity contribution in [2.75, 3.05) is 13.7 Å². The van der Waals surface area contributed by atoms with Gasteiger partial charge in [0, 0.05) is 13.1 Å². The van der Waals surface area contributed by atoms with E-state index in [0.717, 1.165) is 25.7 Å². The van der Waals surface area contributed by atoms with Crippen molar-refractivity contribution in [3.05, 3.63) is 71.8 Å². The summed E-state index contributed by atoms with van der Waals surface area (Å²) in [4.78, 5) is 27.1. The maximum Gasteiger partial charge on any atom is 0.348 e. The summed E-state index contributed by atoms with van der Waals surface area (Å²) >= 11 is 0. The Hall–Kier alpha value is -2.66. The minimum Gasteiger partial charge on any atom is -0.453 e. The van der Waals surface area contributed by atoms with Crippen molar-refractivity contribution in [3.63, 3.8) is 0 Å². The Morgan fingerprint density at radius 3 is 1.96 bits per heavy atom. The first-order chi connectivity index (χ1) is 13.5. The quantitative estimate of drug-likeness (QED) is 0.780. The molecule has 1 aliphatic rings. The molecular weight excluding hydrogens is 354 g/mol. The van der Waals surface area contributed by atoms with Crippen LogP contribution in [-0.2, 0) is 19.9 Å². The number of ether oxygens (including phenoxy) is 1. The molecular formula is C23H27NO4. The van der Waals surface area contributed by atoms with Gasteiger partial charge in [-0.2, -0.15) is 0 Å². The van der Waals surface area contributed by atoms with Gasteiger partial charge in [0.1, 0.15) is 0 Å². The number of likely N-dealkylation sites (N-methyl/N-ethyl adjacent to an activating group) is 1. The molecule has 0 radical (unpaired) electrons. The van der Waals surface area contributed by atoms with Crippen LogP contribution in [0.3, 0.4) is 0 Å². The maximum absolute atomic E-state index is 12.9. The predicted molar refractivity (Wildman–Crippen MR) is 106 cm³/mol. The molecule has 0 aliphatic heterocycles. The molecule has 2 aromatic rings. The van der Waals surface area contributed by atoms with Crippen LogP contribution in [0.1, 0.15) is 43.2 Å². The Bertz CT molecular complexity index is 745. The highest BCUT2D eigenvalue weighted by atomic mass is 16.6. The van der Waals surface area contributed by atoms with E-state index < -0.39 is 11.6 Å². The molecule has 1 amide bonds. The van der Waals surface area contributed by atoms with Gasteiger partial charge < -0.3 is 14.7 Å². The van der Waals surface area contributed by atoms with Gasteiger partial charge in [0.15, 0.2) is 6.61 Å². The van der Waals surface area contributed by atoms with Crippen LogP contribution in [0.2, 0.25) is 0 Å². The Labute approximate surface area is 165 Å². The summed E-state index contributed by atoms with van der Waals surface area (Å²) in [6.07, 6.45) is 5.39. The third-order valence-electron chi connectivity index (χ3n) is 5.52. The Morgan fingerprint density at radius 1 is 0.964 bits per heavy atom. The number of carbonyl (C=O) groups is 2. The molecule has 1 fully saturated rings. The highest BCUT2D eigenvalue weighted by Gasteiger charge is 2.42. The molecule has 1 N–H and O–H groups in total. The van der Waals surface area contributed by atoms with Gasteiger partial charge in [-0.3, -0.25) is 4.79 Å². The first-order valence-corrected chi connectivity index (χ1v) is 9.80. The van der Waals surface area contributed by atoms with Crippen LogP contribution in [0, 0.1) is 0 Å². The number of benzene rings is 2. The first-order valence-electron chi connectivity index (χ1n) is 9.80. The number of aliphatic hydroxyl groups is 1. The van der Waals surface area contributed by atoms with Gasteiger partial charge in [-0.1, -0.05) is 79.9 Å². The molecule has 1 aliphatic carbocycles. The Kier molecular flexibility index (Phi) is 6.47. The minimum atomic E-state index is -1.97. The maximum atomic E-state index is 12.9. The molecule has 0 saturated heterocycles. The summed E-state index contributed by atoms with van der Waals surface area (Å²) < 4.78 is 5.31. The van der Waals surface area contributed by atoms with Crippen LogP contribution in [0.25, 0.3) is 0 Å². The monoisotopic (exact) mass is 381 g/mol. The van der Waals surface area contributed by atoms with Crippen molar-refractivity contribution < 1.29 is 19.4 Å². The molecule has 0 unspecified atom stereocenters. The van der Waals surface area contributed by atoms with E-state index in [-0.39, 0.29) is 18.6 Å². The number of hydrogen-bond donors (Lipinski definition) is 1. The molecule has 2 aromatic carbocycles. The van der Waals surface area contributed by atoms with Crippen molar-refractivity contribution in [2.45, 2.75) is 43.7 Å². The molecule has 5 heteroatoms. The second-order valence-corrected chi connectivity index (χ2v) is 7.32. The second kappa shape index (κ2) is 9.02. The van der Waals surface area contributed by atoms with Crippen LogP contribution in [0.15, 0.2) is 60.7 Å². The van der Waals surface area contributed by atoms with E-state index in [1.54, 1.807) is 60.5 Å². The molecule has 0 aromatic heterocycles. The van der Waals surface area contributed by atoms with Crippen LogP contribution in [0.5, 0.6) is 0 Å². The normalized spacial score (nSPS) is 15.1. The summed E-state index contributed by atoms with van der Waals surface area (Å²) in [5.41, 5.74) is -1.16. The lowest BCUT2D eigenvalue weighted by molar-refractivity contribution is -0.166. The number of amides is 1. The number of hydrogen-bond acceptors (Lipinski definition) is 4. The lowest BCUT2D eigenvalue weighted by Gasteiger charge is -2.32. The lowest BCUT2D eigenvalue weighted by atomic mass is 9.86. The van der Waals surface area contributed by atoms with Gasteiger partial charge in [-0.05, 0) is 24.0 Å². The van der Waals surface area contributed by atoms with Gasteiger partial charge in [-0.15, -0.1) is 0 Å². The summed E-state index contributed by atoms with van der Waals surface area (Å²) in [5, 5.41) is 11.3. The van der Waals surface area contributed by atoms with Gasteiger partial charge in [0.2, 0.25) is 5.60 Å². The zero-order valence-corrected chi connectivity index (χ0v) is 16.2. The van der Waals surface area contributed by atoms with Crippen LogP contribution in [0.4, 0.5) is 0 Å². The van der Waals surface area contributed by atoms with Crippen LogP contribution < -0.4 is 0 Å². The highest BCUT2D eigenvalue weighted by Crippen LogP contribution is 2.31. The third kappa shape index (κ3) is 4.25. The largest absolute Gasteiger partial charge is 0.453 e. The van der Waals surface area contributed by atoms with Crippen molar-refractivity contribution in [1.29, 1.82) is 0 Å². The van der Waals surface area contributed by atoms with E-state index in [1.165, 1.54) is 6.42 Å². The van der Waals surface area contributed by atoms with Crippen LogP contribution in [-0.4, -0.2) is 41.6 Å². The van der Waals surface area contributed by atoms with E-state index >= 15 is 0 Å². The Balaban J connectivity index is 1.74. The topological polar surface area (TPSA) is 66.8 Å². The van der Waals surface area contributed by atoms with Crippen molar-refractivity contribution in [3.8, 4) is 0 Å². The highest BCUT2D eigenvalue weighted by molar-refractivity contribution is 5.88. The average Bonchev–Trinajstić information content (AvgIpc) is 2.77. The van der Waals surface area contributed by atoms with Gasteiger partial charge in [0.05, 0.1) is 0 Å². The zero-order valence-electron chi connectivity index (χ0n) is 16.2. The van der Waals surface area contributed by atoms with Gasteiger partial charge in [-0.25, -0.2) is 4.79 Å². The van der Waals surface area contributed by atoms with Crippen molar-refractivity contribution in [1.82, 2.24) is 4.90 Å². The summed E-state index contributed by atoms with van der Waals surface area (Å²) in [7, 11) is 1.76. The van der Waals surface area contributed by atoms with Crippen LogP contribution >= 0.6 is 0 Å². The molecule has 28 heavy (non-hydrogen) atoms. The van der Waals surface area contributed by atoms with Crippen molar-refractivity contribution >= 4 is 11.9 Å². The molecule has 1 saturated carbocycles. The summed E-state index contributed by atoms with van der Waals surface area (Å²) in [5.74, 6) is -1.10. The van der Waals surface area contributed by atoms with E-state index in [9.17, 15) is 14.7 Å². The molecule has 0 atom stereocenters. The molecule has 0 bridgehead atoms. The SMILES string of the molecule is CN(C(=O)COC(=O)C(O)(c1ccccc1)c1ccccc1)C1CCCCC1.